The summed E-state index contributed by atoms with van der Waals surface area (Å²) in [6, 6.07) is 4.21. The maximum absolute atomic E-state index is 12.3. The van der Waals surface area contributed by atoms with Gasteiger partial charge in [0.1, 0.15) is 0 Å². The largest absolute Gasteiger partial charge is 0.495 e. The Bertz CT molecular complexity index is 708. The predicted octanol–water partition coefficient (Wildman–Crippen LogP) is 2.76. The minimum atomic E-state index is -0.369. The van der Waals surface area contributed by atoms with Crippen molar-refractivity contribution in [2.75, 3.05) is 11.4 Å². The van der Waals surface area contributed by atoms with Crippen LogP contribution in [0.3, 0.4) is 0 Å². The zero-order chi connectivity index (χ0) is 17.9. The van der Waals surface area contributed by atoms with Crippen LogP contribution in [0, 0.1) is 6.92 Å². The fourth-order valence-electron chi connectivity index (χ4n) is 3.23. The van der Waals surface area contributed by atoms with Crippen molar-refractivity contribution in [3.63, 3.8) is 0 Å². The van der Waals surface area contributed by atoms with Crippen LogP contribution in [-0.2, 0) is 20.5 Å². The van der Waals surface area contributed by atoms with Gasteiger partial charge >= 0.3 is 7.12 Å². The highest BCUT2D eigenvalue weighted by molar-refractivity contribution is 6.62. The van der Waals surface area contributed by atoms with Gasteiger partial charge in [-0.1, -0.05) is 12.6 Å². The molecule has 0 aromatic heterocycles. The lowest BCUT2D eigenvalue weighted by Crippen LogP contribution is -2.41. The highest BCUT2D eigenvalue weighted by atomic mass is 16.7. The molecule has 0 saturated carbocycles. The second-order valence-electron chi connectivity index (χ2n) is 7.91. The average Bonchev–Trinajstić information content (AvgIpc) is 2.95. The Hall–Kier alpha value is -1.59. The minimum Gasteiger partial charge on any atom is -0.399 e. The van der Waals surface area contributed by atoms with Crippen molar-refractivity contribution in [2.24, 2.45) is 0 Å². The molecule has 2 aliphatic rings. The van der Waals surface area contributed by atoms with Gasteiger partial charge in [-0.2, -0.15) is 0 Å². The fourth-order valence-corrected chi connectivity index (χ4v) is 3.23. The van der Waals surface area contributed by atoms with Gasteiger partial charge in [-0.05, 0) is 70.6 Å². The smallest absolute Gasteiger partial charge is 0.399 e. The molecule has 0 unspecified atom stereocenters. The van der Waals surface area contributed by atoms with Crippen LogP contribution in [0.2, 0.25) is 0 Å². The zero-order valence-corrected chi connectivity index (χ0v) is 15.5. The number of anilines is 1. The summed E-state index contributed by atoms with van der Waals surface area (Å²) in [5.41, 5.74) is 4.14. The van der Waals surface area contributed by atoms with E-state index in [0.29, 0.717) is 12.1 Å². The number of aryl methyl sites for hydroxylation is 1. The van der Waals surface area contributed by atoms with Gasteiger partial charge in [0.05, 0.1) is 11.2 Å². The van der Waals surface area contributed by atoms with Crippen LogP contribution < -0.4 is 10.4 Å². The quantitative estimate of drug-likeness (QED) is 0.619. The summed E-state index contributed by atoms with van der Waals surface area (Å²) in [5.74, 6) is -0.00321. The van der Waals surface area contributed by atoms with E-state index in [1.165, 1.54) is 5.56 Å². The molecule has 4 nitrogen and oxygen atoms in total. The van der Waals surface area contributed by atoms with Gasteiger partial charge in [-0.25, -0.2) is 0 Å². The molecule has 0 radical (unpaired) electrons. The molecule has 1 saturated heterocycles. The van der Waals surface area contributed by atoms with Gasteiger partial charge in [-0.3, -0.25) is 4.79 Å². The van der Waals surface area contributed by atoms with Crippen molar-refractivity contribution in [1.29, 1.82) is 0 Å². The summed E-state index contributed by atoms with van der Waals surface area (Å²) in [4.78, 5) is 14.1. The first-order chi connectivity index (χ1) is 11.0. The average molecular weight is 327 g/mol. The lowest BCUT2D eigenvalue weighted by Gasteiger charge is -2.32. The molecule has 1 fully saturated rings. The molecule has 0 atom stereocenters. The molecule has 5 heteroatoms. The van der Waals surface area contributed by atoms with Crippen LogP contribution in [0.5, 0.6) is 0 Å². The van der Waals surface area contributed by atoms with E-state index in [0.717, 1.165) is 23.1 Å². The Morgan fingerprint density at radius 1 is 1.21 bits per heavy atom. The second-order valence-corrected chi connectivity index (χ2v) is 7.91. The number of amides is 1. The van der Waals surface area contributed by atoms with E-state index in [9.17, 15) is 4.79 Å². The van der Waals surface area contributed by atoms with Crippen LogP contribution in [-0.4, -0.2) is 30.8 Å². The third-order valence-corrected chi connectivity index (χ3v) is 5.48. The molecule has 1 aromatic rings. The third kappa shape index (κ3) is 2.60. The Morgan fingerprint density at radius 2 is 1.79 bits per heavy atom. The standard InChI is InChI=1S/C19H26BNO3/c1-12(2)17(22)21-9-8-14-11-15(13(3)10-16(14)21)20-23-18(4,5)19(6,7)24-20/h10-11H,1,8-9H2,2-7H3. The second kappa shape index (κ2) is 5.46. The van der Waals surface area contributed by atoms with E-state index in [-0.39, 0.29) is 24.2 Å². The van der Waals surface area contributed by atoms with Crippen molar-refractivity contribution in [3.8, 4) is 0 Å². The molecule has 24 heavy (non-hydrogen) atoms. The Balaban J connectivity index is 1.95. The van der Waals surface area contributed by atoms with Crippen LogP contribution in [0.4, 0.5) is 5.69 Å². The Kier molecular flexibility index (Phi) is 3.93. The number of nitrogens with zero attached hydrogens (tertiary/aromatic N) is 1. The van der Waals surface area contributed by atoms with E-state index in [4.69, 9.17) is 9.31 Å². The minimum absolute atomic E-state index is 0.00321. The number of hydrogen-bond acceptors (Lipinski definition) is 3. The molecule has 0 bridgehead atoms. The van der Waals surface area contributed by atoms with Crippen molar-refractivity contribution in [1.82, 2.24) is 0 Å². The number of benzene rings is 1. The molecular formula is C19H26BNO3. The number of carbonyl (C=O) groups is 1. The number of carbonyl (C=O) groups excluding carboxylic acids is 1. The summed E-state index contributed by atoms with van der Waals surface area (Å²) in [5, 5.41) is 0. The van der Waals surface area contributed by atoms with Gasteiger partial charge in [0.15, 0.2) is 0 Å². The molecular weight excluding hydrogens is 301 g/mol. The highest BCUT2D eigenvalue weighted by Gasteiger charge is 2.52. The first kappa shape index (κ1) is 17.2. The number of hydrogen-bond donors (Lipinski definition) is 0. The molecule has 0 aliphatic carbocycles. The van der Waals surface area contributed by atoms with Gasteiger partial charge in [-0.15, -0.1) is 0 Å². The van der Waals surface area contributed by atoms with Crippen LogP contribution in [0.25, 0.3) is 0 Å². The first-order valence-corrected chi connectivity index (χ1v) is 8.50. The van der Waals surface area contributed by atoms with E-state index in [1.807, 2.05) is 11.8 Å². The van der Waals surface area contributed by atoms with Crippen molar-refractivity contribution in [3.05, 3.63) is 35.4 Å². The first-order valence-electron chi connectivity index (χ1n) is 8.50. The van der Waals surface area contributed by atoms with Crippen molar-refractivity contribution >= 4 is 24.2 Å². The summed E-state index contributed by atoms with van der Waals surface area (Å²) < 4.78 is 12.4. The Labute approximate surface area is 145 Å². The molecule has 0 spiro atoms. The summed E-state index contributed by atoms with van der Waals surface area (Å²) in [7, 11) is -0.369. The van der Waals surface area contributed by atoms with Crippen molar-refractivity contribution in [2.45, 2.75) is 59.2 Å². The molecule has 2 aliphatic heterocycles. The lowest BCUT2D eigenvalue weighted by atomic mass is 9.75. The normalized spacial score (nSPS) is 21.1. The maximum Gasteiger partial charge on any atom is 0.495 e. The van der Waals surface area contributed by atoms with Crippen LogP contribution in [0.1, 0.15) is 45.7 Å². The van der Waals surface area contributed by atoms with Gasteiger partial charge in [0.25, 0.3) is 5.91 Å². The fraction of sp³-hybridized carbons (Fsp3) is 0.526. The monoisotopic (exact) mass is 327 g/mol. The summed E-state index contributed by atoms with van der Waals surface area (Å²) >= 11 is 0. The van der Waals surface area contributed by atoms with E-state index in [2.05, 4.69) is 46.4 Å². The van der Waals surface area contributed by atoms with E-state index < -0.39 is 0 Å². The zero-order valence-electron chi connectivity index (χ0n) is 15.5. The molecule has 128 valence electrons. The third-order valence-electron chi connectivity index (χ3n) is 5.48. The Morgan fingerprint density at radius 3 is 2.33 bits per heavy atom. The lowest BCUT2D eigenvalue weighted by molar-refractivity contribution is -0.115. The van der Waals surface area contributed by atoms with Crippen LogP contribution in [0.15, 0.2) is 24.3 Å². The highest BCUT2D eigenvalue weighted by Crippen LogP contribution is 2.37. The van der Waals surface area contributed by atoms with E-state index >= 15 is 0 Å². The van der Waals surface area contributed by atoms with Gasteiger partial charge in [0, 0.05) is 17.8 Å². The van der Waals surface area contributed by atoms with Gasteiger partial charge in [0.2, 0.25) is 0 Å². The van der Waals surface area contributed by atoms with Crippen LogP contribution >= 0.6 is 0 Å². The van der Waals surface area contributed by atoms with Gasteiger partial charge < -0.3 is 14.2 Å². The number of rotatable bonds is 2. The maximum atomic E-state index is 12.3. The summed E-state index contributed by atoms with van der Waals surface area (Å²) in [6.45, 7) is 16.5. The van der Waals surface area contributed by atoms with E-state index in [1.54, 1.807) is 6.92 Å². The predicted molar refractivity (Wildman–Crippen MR) is 97.8 cm³/mol. The molecule has 2 heterocycles. The molecule has 0 N–H and O–H groups in total. The van der Waals surface area contributed by atoms with Crippen molar-refractivity contribution < 1.29 is 14.1 Å². The SMILES string of the molecule is C=C(C)C(=O)N1CCc2cc(B3OC(C)(C)C(C)(C)O3)c(C)cc21. The molecule has 3 rings (SSSR count). The topological polar surface area (TPSA) is 38.8 Å². The number of fused-ring (bicyclic) bond motifs is 1. The molecule has 1 amide bonds. The summed E-state index contributed by atoms with van der Waals surface area (Å²) in [6.07, 6.45) is 0.848. The molecule has 1 aromatic carbocycles.